The van der Waals surface area contributed by atoms with E-state index in [0.717, 1.165) is 23.5 Å². The molecule has 0 fully saturated rings. The number of aromatic hydroxyl groups is 1. The van der Waals surface area contributed by atoms with Gasteiger partial charge < -0.3 is 26.5 Å². The number of H-pyrrole nitrogens is 1. The van der Waals surface area contributed by atoms with Crippen molar-refractivity contribution in [2.24, 2.45) is 16.5 Å². The number of hydrogen-bond donors (Lipinski definition) is 4. The summed E-state index contributed by atoms with van der Waals surface area (Å²) >= 11 is 1.08. The van der Waals surface area contributed by atoms with Crippen molar-refractivity contribution in [1.29, 1.82) is 0 Å². The molecule has 0 atom stereocenters. The van der Waals surface area contributed by atoms with E-state index in [1.54, 1.807) is 37.4 Å². The molecule has 0 aliphatic carbocycles. The summed E-state index contributed by atoms with van der Waals surface area (Å²) in [6.07, 6.45) is 3.06. The van der Waals surface area contributed by atoms with E-state index in [2.05, 4.69) is 9.98 Å². The molecular weight excluding hydrogens is 541 g/mol. The van der Waals surface area contributed by atoms with Crippen molar-refractivity contribution in [3.63, 3.8) is 0 Å². The minimum atomic E-state index is -0.742. The Balaban J connectivity index is 1.82. The molecule has 0 radical (unpaired) electrons. The quantitative estimate of drug-likeness (QED) is 0.191. The van der Waals surface area contributed by atoms with Crippen LogP contribution in [0.25, 0.3) is 16.8 Å². The highest BCUT2D eigenvalue weighted by Gasteiger charge is 2.26. The van der Waals surface area contributed by atoms with Crippen LogP contribution in [0.2, 0.25) is 0 Å². The molecule has 10 heteroatoms. The van der Waals surface area contributed by atoms with Crippen LogP contribution in [0.1, 0.15) is 29.9 Å². The number of rotatable bonds is 9. The van der Waals surface area contributed by atoms with Crippen LogP contribution in [-0.2, 0) is 0 Å². The Kier molecular flexibility index (Phi) is 8.94. The van der Waals surface area contributed by atoms with Crippen LogP contribution in [0.4, 0.5) is 15.8 Å². The first-order valence-corrected chi connectivity index (χ1v) is 13.5. The minimum Gasteiger partial charge on any atom is -0.504 e. The number of aromatic nitrogens is 1. The Labute approximate surface area is 241 Å². The number of carbonyl (C=O) groups excluding carboxylic acids is 1. The predicted octanol–water partition coefficient (Wildman–Crippen LogP) is 5.68. The molecule has 1 amide bonds. The highest BCUT2D eigenvalue weighted by Crippen LogP contribution is 2.44. The van der Waals surface area contributed by atoms with E-state index in [4.69, 9.17) is 11.5 Å². The van der Waals surface area contributed by atoms with Crippen molar-refractivity contribution in [2.45, 2.75) is 29.7 Å². The zero-order chi connectivity index (χ0) is 29.7. The Bertz CT molecular complexity index is 1680. The smallest absolute Gasteiger partial charge is 0.266 e. The molecule has 0 bridgehead atoms. The standard InChI is InChI=1S/C31H30FN5O3S/c1-18(2)37(21-7-5-4-6-8-21)27-26(25(33)15-16-35-3)36-31(40)29(28(27)38)41-22-12-9-19(10-13-22)23-14-11-20(32)17-24(23)30(34)39/h4-18H,33H2,1-3H3,(H2,34,39)(H2,36,38,40). The molecule has 6 N–H and O–H groups in total. The van der Waals surface area contributed by atoms with Gasteiger partial charge in [0.15, 0.2) is 5.75 Å². The molecule has 1 aromatic heterocycles. The van der Waals surface area contributed by atoms with Gasteiger partial charge in [-0.3, -0.25) is 14.6 Å². The summed E-state index contributed by atoms with van der Waals surface area (Å²) in [5.41, 5.74) is 14.1. The number of allylic oxidation sites excluding steroid dienone is 1. The number of aliphatic imine (C=N–C) groups is 1. The monoisotopic (exact) mass is 571 g/mol. The van der Waals surface area contributed by atoms with Gasteiger partial charge in [0, 0.05) is 35.5 Å². The number of carbonyl (C=O) groups is 1. The van der Waals surface area contributed by atoms with Crippen LogP contribution < -0.4 is 21.9 Å². The van der Waals surface area contributed by atoms with Crippen molar-refractivity contribution in [3.05, 3.63) is 106 Å². The SMILES string of the molecule is CN=CC=C(N)c1[nH]c(=O)c(Sc2ccc(-c3ccc(F)cc3C(N)=O)cc2)c(O)c1N(c1ccccc1)C(C)C. The van der Waals surface area contributed by atoms with Gasteiger partial charge in [-0.2, -0.15) is 0 Å². The van der Waals surface area contributed by atoms with Gasteiger partial charge in [-0.1, -0.05) is 48.2 Å². The predicted molar refractivity (Wildman–Crippen MR) is 164 cm³/mol. The van der Waals surface area contributed by atoms with Crippen LogP contribution >= 0.6 is 11.8 Å². The highest BCUT2D eigenvalue weighted by molar-refractivity contribution is 7.99. The molecule has 8 nitrogen and oxygen atoms in total. The number of para-hydroxylation sites is 1. The molecule has 1 heterocycles. The van der Waals surface area contributed by atoms with Gasteiger partial charge in [-0.15, -0.1) is 0 Å². The lowest BCUT2D eigenvalue weighted by atomic mass is 9.99. The number of benzene rings is 3. The fourth-order valence-electron chi connectivity index (χ4n) is 4.41. The average molecular weight is 572 g/mol. The first-order valence-electron chi connectivity index (χ1n) is 12.7. The Morgan fingerprint density at radius 1 is 1.07 bits per heavy atom. The number of halogens is 1. The molecule has 4 aromatic rings. The molecule has 0 unspecified atom stereocenters. The molecule has 210 valence electrons. The van der Waals surface area contributed by atoms with Crippen molar-refractivity contribution in [2.75, 3.05) is 11.9 Å². The topological polar surface area (TPSA) is 138 Å². The zero-order valence-electron chi connectivity index (χ0n) is 22.8. The number of amides is 1. The molecule has 0 saturated heterocycles. The lowest BCUT2D eigenvalue weighted by molar-refractivity contribution is 0.100. The molecule has 0 saturated carbocycles. The maximum Gasteiger partial charge on any atom is 0.266 e. The van der Waals surface area contributed by atoms with E-state index < -0.39 is 17.3 Å². The van der Waals surface area contributed by atoms with Crippen molar-refractivity contribution in [3.8, 4) is 16.9 Å². The minimum absolute atomic E-state index is 0.0631. The van der Waals surface area contributed by atoms with E-state index in [-0.39, 0.29) is 33.6 Å². The second-order valence-electron chi connectivity index (χ2n) is 9.36. The van der Waals surface area contributed by atoms with Crippen LogP contribution in [-0.4, -0.2) is 35.3 Å². The zero-order valence-corrected chi connectivity index (χ0v) is 23.6. The third-order valence-electron chi connectivity index (χ3n) is 6.24. The summed E-state index contributed by atoms with van der Waals surface area (Å²) in [6, 6.07) is 20.2. The fourth-order valence-corrected chi connectivity index (χ4v) is 5.25. The van der Waals surface area contributed by atoms with Crippen LogP contribution in [0, 0.1) is 5.82 Å². The number of anilines is 2. The number of nitrogens with two attached hydrogens (primary N) is 2. The summed E-state index contributed by atoms with van der Waals surface area (Å²) in [4.78, 5) is 34.6. The number of pyridine rings is 1. The number of primary amides is 1. The molecular formula is C31H30FN5O3S. The third-order valence-corrected chi connectivity index (χ3v) is 7.33. The van der Waals surface area contributed by atoms with E-state index in [1.807, 2.05) is 49.1 Å². The fraction of sp³-hybridized carbons (Fsp3) is 0.129. The van der Waals surface area contributed by atoms with Gasteiger partial charge in [0.2, 0.25) is 5.91 Å². The van der Waals surface area contributed by atoms with Crippen LogP contribution in [0.3, 0.4) is 0 Å². The van der Waals surface area contributed by atoms with Crippen molar-refractivity contribution < 1.29 is 14.3 Å². The van der Waals surface area contributed by atoms with Crippen molar-refractivity contribution >= 4 is 41.0 Å². The summed E-state index contributed by atoms with van der Waals surface area (Å²) in [7, 11) is 1.60. The Morgan fingerprint density at radius 3 is 2.37 bits per heavy atom. The van der Waals surface area contributed by atoms with Gasteiger partial charge in [-0.25, -0.2) is 4.39 Å². The van der Waals surface area contributed by atoms with E-state index in [9.17, 15) is 19.1 Å². The van der Waals surface area contributed by atoms with Gasteiger partial charge >= 0.3 is 0 Å². The summed E-state index contributed by atoms with van der Waals surface area (Å²) < 4.78 is 13.7. The Morgan fingerprint density at radius 2 is 1.76 bits per heavy atom. The lowest BCUT2D eigenvalue weighted by Gasteiger charge is -2.32. The lowest BCUT2D eigenvalue weighted by Crippen LogP contribution is -2.29. The molecule has 0 aliphatic rings. The average Bonchev–Trinajstić information content (AvgIpc) is 2.96. The van der Waals surface area contributed by atoms with Gasteiger partial charge in [0.25, 0.3) is 5.56 Å². The Hall–Kier alpha value is -4.83. The highest BCUT2D eigenvalue weighted by atomic mass is 32.2. The molecule has 0 spiro atoms. The normalized spacial score (nSPS) is 11.8. The number of hydrogen-bond acceptors (Lipinski definition) is 7. The van der Waals surface area contributed by atoms with Gasteiger partial charge in [0.05, 0.1) is 11.4 Å². The van der Waals surface area contributed by atoms with Crippen molar-refractivity contribution in [1.82, 2.24) is 4.98 Å². The van der Waals surface area contributed by atoms with Gasteiger partial charge in [0.1, 0.15) is 16.4 Å². The first-order chi connectivity index (χ1) is 19.6. The van der Waals surface area contributed by atoms with Crippen LogP contribution in [0.5, 0.6) is 5.75 Å². The van der Waals surface area contributed by atoms with E-state index >= 15 is 0 Å². The third kappa shape index (κ3) is 6.33. The van der Waals surface area contributed by atoms with Gasteiger partial charge in [-0.05, 0) is 67.4 Å². The largest absolute Gasteiger partial charge is 0.504 e. The summed E-state index contributed by atoms with van der Waals surface area (Å²) in [5, 5.41) is 11.6. The number of aromatic amines is 1. The molecule has 4 rings (SSSR count). The number of nitrogens with zero attached hydrogens (tertiary/aromatic N) is 2. The second-order valence-corrected chi connectivity index (χ2v) is 10.4. The second kappa shape index (κ2) is 12.6. The number of nitrogens with one attached hydrogen (secondary N) is 1. The van der Waals surface area contributed by atoms with Crippen LogP contribution in [0.15, 0.2) is 98.5 Å². The molecule has 3 aromatic carbocycles. The molecule has 0 aliphatic heterocycles. The first kappa shape index (κ1) is 29.2. The maximum atomic E-state index is 13.7. The van der Waals surface area contributed by atoms with E-state index in [0.29, 0.717) is 21.7 Å². The summed E-state index contributed by atoms with van der Waals surface area (Å²) in [5.74, 6) is -1.53. The maximum absolute atomic E-state index is 13.7. The van der Waals surface area contributed by atoms with E-state index in [1.165, 1.54) is 18.3 Å². The summed E-state index contributed by atoms with van der Waals surface area (Å²) in [6.45, 7) is 3.94. The molecule has 41 heavy (non-hydrogen) atoms.